The molecule has 4 heteroatoms. The molecule has 0 spiro atoms. The maximum Gasteiger partial charge on any atom is 0.134 e. The van der Waals surface area contributed by atoms with E-state index < -0.39 is 0 Å². The lowest BCUT2D eigenvalue weighted by molar-refractivity contribution is 0.301. The Balaban J connectivity index is 1.93. The molecular formula is C11H13N3O. The van der Waals surface area contributed by atoms with E-state index in [1.54, 1.807) is 4.68 Å². The van der Waals surface area contributed by atoms with Crippen LogP contribution in [0.3, 0.4) is 0 Å². The first-order valence-corrected chi connectivity index (χ1v) is 4.95. The smallest absolute Gasteiger partial charge is 0.134 e. The summed E-state index contributed by atoms with van der Waals surface area (Å²) in [5, 5.41) is 7.92. The molecule has 2 rings (SSSR count). The number of para-hydroxylation sites is 1. The third kappa shape index (κ3) is 2.56. The molecule has 1 aromatic carbocycles. The molecular weight excluding hydrogens is 190 g/mol. The molecule has 0 aliphatic rings. The zero-order valence-electron chi connectivity index (χ0n) is 8.63. The number of rotatable bonds is 4. The quantitative estimate of drug-likeness (QED) is 0.761. The first-order valence-electron chi connectivity index (χ1n) is 4.95. The topological polar surface area (TPSA) is 39.9 Å². The van der Waals surface area contributed by atoms with Crippen LogP contribution in [0, 0.1) is 0 Å². The second kappa shape index (κ2) is 4.59. The highest BCUT2D eigenvalue weighted by Crippen LogP contribution is 2.10. The fourth-order valence-electron chi connectivity index (χ4n) is 1.23. The Morgan fingerprint density at radius 2 is 2.07 bits per heavy atom. The van der Waals surface area contributed by atoms with E-state index in [4.69, 9.17) is 4.74 Å². The van der Waals surface area contributed by atoms with E-state index in [0.29, 0.717) is 6.61 Å². The molecule has 0 radical (unpaired) electrons. The summed E-state index contributed by atoms with van der Waals surface area (Å²) in [5.41, 5.74) is 0.848. The van der Waals surface area contributed by atoms with Crippen LogP contribution < -0.4 is 4.74 Å². The van der Waals surface area contributed by atoms with E-state index in [1.165, 1.54) is 0 Å². The lowest BCUT2D eigenvalue weighted by Gasteiger charge is -2.01. The molecule has 0 amide bonds. The van der Waals surface area contributed by atoms with Gasteiger partial charge in [-0.2, -0.15) is 0 Å². The van der Waals surface area contributed by atoms with E-state index in [-0.39, 0.29) is 0 Å². The number of hydrogen-bond donors (Lipinski definition) is 0. The van der Waals surface area contributed by atoms with Crippen molar-refractivity contribution in [2.45, 2.75) is 20.1 Å². The molecule has 0 atom stereocenters. The number of aryl methyl sites for hydroxylation is 1. The van der Waals surface area contributed by atoms with E-state index in [2.05, 4.69) is 10.3 Å². The second-order valence-electron chi connectivity index (χ2n) is 3.17. The van der Waals surface area contributed by atoms with Crippen LogP contribution in [0.1, 0.15) is 12.6 Å². The third-order valence-electron chi connectivity index (χ3n) is 2.04. The molecule has 0 N–H and O–H groups in total. The maximum absolute atomic E-state index is 5.53. The van der Waals surface area contributed by atoms with Gasteiger partial charge in [-0.15, -0.1) is 5.10 Å². The average Bonchev–Trinajstić information content (AvgIpc) is 2.76. The average molecular weight is 203 g/mol. The Bertz CT molecular complexity index is 411. The van der Waals surface area contributed by atoms with Crippen molar-refractivity contribution in [2.24, 2.45) is 0 Å². The minimum Gasteiger partial charge on any atom is -0.487 e. The lowest BCUT2D eigenvalue weighted by Crippen LogP contribution is -1.95. The van der Waals surface area contributed by atoms with Crippen LogP contribution in [0.4, 0.5) is 0 Å². The monoisotopic (exact) mass is 203 g/mol. The van der Waals surface area contributed by atoms with Crippen molar-refractivity contribution in [3.63, 3.8) is 0 Å². The SMILES string of the molecule is CCn1cc(COc2ccccc2)nn1. The van der Waals surface area contributed by atoms with Crippen molar-refractivity contribution in [3.8, 4) is 5.75 Å². The Morgan fingerprint density at radius 3 is 2.73 bits per heavy atom. The molecule has 0 saturated heterocycles. The van der Waals surface area contributed by atoms with Crippen LogP contribution in [0.5, 0.6) is 5.75 Å². The standard InChI is InChI=1S/C11H13N3O/c1-2-14-8-10(12-13-14)9-15-11-6-4-3-5-7-11/h3-8H,2,9H2,1H3. The summed E-state index contributed by atoms with van der Waals surface area (Å²) in [7, 11) is 0. The molecule has 0 fully saturated rings. The van der Waals surface area contributed by atoms with Gasteiger partial charge >= 0.3 is 0 Å². The predicted molar refractivity (Wildman–Crippen MR) is 56.5 cm³/mol. The summed E-state index contributed by atoms with van der Waals surface area (Å²) >= 11 is 0. The lowest BCUT2D eigenvalue weighted by atomic mass is 10.3. The highest BCUT2D eigenvalue weighted by molar-refractivity contribution is 5.21. The Kier molecular flexibility index (Phi) is 2.97. The van der Waals surface area contributed by atoms with Crippen molar-refractivity contribution in [1.29, 1.82) is 0 Å². The zero-order valence-corrected chi connectivity index (χ0v) is 8.63. The highest BCUT2D eigenvalue weighted by atomic mass is 16.5. The third-order valence-corrected chi connectivity index (χ3v) is 2.04. The minimum atomic E-state index is 0.462. The van der Waals surface area contributed by atoms with E-state index >= 15 is 0 Å². The van der Waals surface area contributed by atoms with Crippen LogP contribution in [-0.2, 0) is 13.2 Å². The molecule has 2 aromatic rings. The van der Waals surface area contributed by atoms with Crippen LogP contribution >= 0.6 is 0 Å². The number of aromatic nitrogens is 3. The van der Waals surface area contributed by atoms with Crippen LogP contribution in [0.25, 0.3) is 0 Å². The summed E-state index contributed by atoms with van der Waals surface area (Å²) in [6, 6.07) is 9.69. The Hall–Kier alpha value is -1.84. The fourth-order valence-corrected chi connectivity index (χ4v) is 1.23. The molecule has 0 aliphatic carbocycles. The van der Waals surface area contributed by atoms with Crippen LogP contribution in [0.15, 0.2) is 36.5 Å². The molecule has 15 heavy (non-hydrogen) atoms. The molecule has 0 aliphatic heterocycles. The van der Waals surface area contributed by atoms with Crippen LogP contribution in [0.2, 0.25) is 0 Å². The van der Waals surface area contributed by atoms with Gasteiger partial charge in [0, 0.05) is 6.54 Å². The van der Waals surface area contributed by atoms with Gasteiger partial charge in [-0.25, -0.2) is 0 Å². The van der Waals surface area contributed by atoms with Gasteiger partial charge in [0.2, 0.25) is 0 Å². The van der Waals surface area contributed by atoms with Gasteiger partial charge in [0.25, 0.3) is 0 Å². The van der Waals surface area contributed by atoms with Crippen LogP contribution in [-0.4, -0.2) is 15.0 Å². The van der Waals surface area contributed by atoms with Gasteiger partial charge < -0.3 is 4.74 Å². The summed E-state index contributed by atoms with van der Waals surface area (Å²) < 4.78 is 7.32. The largest absolute Gasteiger partial charge is 0.487 e. The summed E-state index contributed by atoms with van der Waals surface area (Å²) in [6.45, 7) is 3.32. The first kappa shape index (κ1) is 9.71. The fraction of sp³-hybridized carbons (Fsp3) is 0.273. The maximum atomic E-state index is 5.53. The van der Waals surface area contributed by atoms with Gasteiger partial charge in [0.1, 0.15) is 18.1 Å². The Labute approximate surface area is 88.5 Å². The summed E-state index contributed by atoms with van der Waals surface area (Å²) in [6.07, 6.45) is 1.89. The highest BCUT2D eigenvalue weighted by Gasteiger charge is 1.99. The van der Waals surface area contributed by atoms with Gasteiger partial charge in [-0.1, -0.05) is 23.4 Å². The number of ether oxygens (including phenoxy) is 1. The van der Waals surface area contributed by atoms with E-state index in [9.17, 15) is 0 Å². The van der Waals surface area contributed by atoms with Crippen molar-refractivity contribution in [1.82, 2.24) is 15.0 Å². The predicted octanol–water partition coefficient (Wildman–Crippen LogP) is 1.88. The Morgan fingerprint density at radius 1 is 1.27 bits per heavy atom. The van der Waals surface area contributed by atoms with E-state index in [1.807, 2.05) is 43.5 Å². The molecule has 1 aromatic heterocycles. The van der Waals surface area contributed by atoms with Crippen molar-refractivity contribution in [2.75, 3.05) is 0 Å². The molecule has 0 saturated carbocycles. The zero-order chi connectivity index (χ0) is 10.5. The summed E-state index contributed by atoms with van der Waals surface area (Å²) in [5.74, 6) is 0.851. The number of nitrogens with zero attached hydrogens (tertiary/aromatic N) is 3. The van der Waals surface area contributed by atoms with Gasteiger partial charge in [-0.05, 0) is 19.1 Å². The molecule has 0 bridgehead atoms. The molecule has 4 nitrogen and oxygen atoms in total. The number of hydrogen-bond acceptors (Lipinski definition) is 3. The van der Waals surface area contributed by atoms with Crippen molar-refractivity contribution < 1.29 is 4.74 Å². The van der Waals surface area contributed by atoms with Crippen molar-refractivity contribution >= 4 is 0 Å². The molecule has 0 unspecified atom stereocenters. The van der Waals surface area contributed by atoms with E-state index in [0.717, 1.165) is 18.0 Å². The van der Waals surface area contributed by atoms with Gasteiger partial charge in [0.05, 0.1) is 6.20 Å². The summed E-state index contributed by atoms with van der Waals surface area (Å²) in [4.78, 5) is 0. The normalized spacial score (nSPS) is 10.2. The number of benzene rings is 1. The first-order chi connectivity index (χ1) is 7.38. The second-order valence-corrected chi connectivity index (χ2v) is 3.17. The van der Waals surface area contributed by atoms with Crippen molar-refractivity contribution in [3.05, 3.63) is 42.2 Å². The molecule has 1 heterocycles. The van der Waals surface area contributed by atoms with Gasteiger partial charge in [-0.3, -0.25) is 4.68 Å². The minimum absolute atomic E-state index is 0.462. The van der Waals surface area contributed by atoms with Gasteiger partial charge in [0.15, 0.2) is 0 Å². The molecule has 78 valence electrons.